The summed E-state index contributed by atoms with van der Waals surface area (Å²) in [6, 6.07) is 9.05. The highest BCUT2D eigenvalue weighted by molar-refractivity contribution is 7.10. The third-order valence-electron chi connectivity index (χ3n) is 2.82. The van der Waals surface area contributed by atoms with Crippen LogP contribution in [0.1, 0.15) is 29.6 Å². The summed E-state index contributed by atoms with van der Waals surface area (Å²) in [6.45, 7) is 5.81. The number of ether oxygens (including phenoxy) is 1. The van der Waals surface area contributed by atoms with Crippen LogP contribution in [0, 0.1) is 0 Å². The van der Waals surface area contributed by atoms with E-state index in [4.69, 9.17) is 4.74 Å². The Morgan fingerprint density at radius 1 is 1.16 bits per heavy atom. The van der Waals surface area contributed by atoms with Crippen LogP contribution in [0.3, 0.4) is 0 Å². The van der Waals surface area contributed by atoms with Crippen molar-refractivity contribution in [3.8, 4) is 0 Å². The van der Waals surface area contributed by atoms with Crippen LogP contribution in [0.15, 0.2) is 35.0 Å². The lowest BCUT2D eigenvalue weighted by molar-refractivity contribution is 0.0794. The summed E-state index contributed by atoms with van der Waals surface area (Å²) in [5, 5.41) is 7.89. The molecule has 0 aliphatic carbocycles. The Bertz CT molecular complexity index is 437. The van der Waals surface area contributed by atoms with E-state index in [-0.39, 0.29) is 0 Å². The van der Waals surface area contributed by atoms with Crippen molar-refractivity contribution in [2.75, 3.05) is 13.2 Å². The van der Waals surface area contributed by atoms with Gasteiger partial charge >= 0.3 is 0 Å². The molecule has 19 heavy (non-hydrogen) atoms. The van der Waals surface area contributed by atoms with Gasteiger partial charge in [-0.05, 0) is 36.7 Å². The van der Waals surface area contributed by atoms with E-state index < -0.39 is 0 Å². The van der Waals surface area contributed by atoms with E-state index >= 15 is 0 Å². The second kappa shape index (κ2) is 7.80. The van der Waals surface area contributed by atoms with E-state index in [9.17, 15) is 0 Å². The van der Waals surface area contributed by atoms with E-state index in [1.165, 1.54) is 9.75 Å². The first kappa shape index (κ1) is 14.7. The topological polar surface area (TPSA) is 21.3 Å². The molecular formula is C15H21NOS2. The molecule has 1 unspecified atom stereocenters. The van der Waals surface area contributed by atoms with Gasteiger partial charge in [0, 0.05) is 28.8 Å². The summed E-state index contributed by atoms with van der Waals surface area (Å²) >= 11 is 3.64. The minimum Gasteiger partial charge on any atom is -0.377 e. The molecule has 2 rings (SSSR count). The molecule has 0 bridgehead atoms. The maximum atomic E-state index is 5.59. The van der Waals surface area contributed by atoms with Crippen LogP contribution >= 0.6 is 22.7 Å². The third kappa shape index (κ3) is 5.07. The Kier molecular flexibility index (Phi) is 6.04. The molecule has 2 aromatic heterocycles. The van der Waals surface area contributed by atoms with Crippen LogP contribution in [0.2, 0.25) is 0 Å². The molecular weight excluding hydrogens is 274 g/mol. The first-order valence-electron chi connectivity index (χ1n) is 6.66. The van der Waals surface area contributed by atoms with E-state index in [1.54, 1.807) is 0 Å². The second-order valence-electron chi connectivity index (χ2n) is 4.73. The fourth-order valence-corrected chi connectivity index (χ4v) is 3.47. The molecule has 1 N–H and O–H groups in total. The van der Waals surface area contributed by atoms with Crippen LogP contribution in [-0.2, 0) is 11.2 Å². The van der Waals surface area contributed by atoms with Gasteiger partial charge in [0.05, 0.1) is 12.7 Å². The molecule has 0 saturated heterocycles. The van der Waals surface area contributed by atoms with Gasteiger partial charge in [-0.2, -0.15) is 0 Å². The van der Waals surface area contributed by atoms with Gasteiger partial charge in [0.25, 0.3) is 0 Å². The standard InChI is InChI=1S/C15H21NOS2/c1-12(2)17-8-7-16-14(15-6-4-10-19-15)11-13-5-3-9-18-13/h3-6,9-10,12,14,16H,7-8,11H2,1-2H3. The zero-order valence-electron chi connectivity index (χ0n) is 11.5. The van der Waals surface area contributed by atoms with E-state index in [2.05, 4.69) is 54.2 Å². The third-order valence-corrected chi connectivity index (χ3v) is 4.70. The lowest BCUT2D eigenvalue weighted by Gasteiger charge is -2.17. The molecule has 0 spiro atoms. The molecule has 0 aliphatic heterocycles. The highest BCUT2D eigenvalue weighted by Gasteiger charge is 2.13. The van der Waals surface area contributed by atoms with Crippen molar-refractivity contribution in [1.82, 2.24) is 5.32 Å². The Balaban J connectivity index is 1.88. The highest BCUT2D eigenvalue weighted by Crippen LogP contribution is 2.24. The molecule has 0 saturated carbocycles. The lowest BCUT2D eigenvalue weighted by Crippen LogP contribution is -2.27. The maximum absolute atomic E-state index is 5.59. The van der Waals surface area contributed by atoms with Crippen molar-refractivity contribution in [2.45, 2.75) is 32.4 Å². The normalized spacial score (nSPS) is 13.0. The molecule has 0 radical (unpaired) electrons. The van der Waals surface area contributed by atoms with E-state index in [1.807, 2.05) is 22.7 Å². The van der Waals surface area contributed by atoms with Crippen LogP contribution in [0.25, 0.3) is 0 Å². The quantitative estimate of drug-likeness (QED) is 0.740. The Morgan fingerprint density at radius 2 is 1.95 bits per heavy atom. The van der Waals surface area contributed by atoms with E-state index in [0.717, 1.165) is 19.6 Å². The zero-order chi connectivity index (χ0) is 13.5. The zero-order valence-corrected chi connectivity index (χ0v) is 13.1. The molecule has 0 aromatic carbocycles. The molecule has 104 valence electrons. The van der Waals surface area contributed by atoms with Crippen molar-refractivity contribution >= 4 is 22.7 Å². The average Bonchev–Trinajstić information content (AvgIpc) is 3.05. The van der Waals surface area contributed by atoms with E-state index in [0.29, 0.717) is 12.1 Å². The molecule has 0 amide bonds. The van der Waals surface area contributed by atoms with Gasteiger partial charge < -0.3 is 10.1 Å². The SMILES string of the molecule is CC(C)OCCNC(Cc1cccs1)c1cccs1. The molecule has 2 heterocycles. The Labute approximate surface area is 123 Å². The largest absolute Gasteiger partial charge is 0.377 e. The minimum atomic E-state index is 0.305. The number of rotatable bonds is 8. The van der Waals surface area contributed by atoms with Crippen molar-refractivity contribution in [3.63, 3.8) is 0 Å². The molecule has 2 aromatic rings. The predicted octanol–water partition coefficient (Wildman–Crippen LogP) is 4.11. The van der Waals surface area contributed by atoms with Crippen LogP contribution in [0.5, 0.6) is 0 Å². The van der Waals surface area contributed by atoms with Gasteiger partial charge in [-0.3, -0.25) is 0 Å². The van der Waals surface area contributed by atoms with Gasteiger partial charge in [0.1, 0.15) is 0 Å². The molecule has 2 nitrogen and oxygen atoms in total. The van der Waals surface area contributed by atoms with Crippen molar-refractivity contribution < 1.29 is 4.74 Å². The maximum Gasteiger partial charge on any atom is 0.0594 e. The van der Waals surface area contributed by atoms with Gasteiger partial charge in [-0.1, -0.05) is 12.1 Å². The lowest BCUT2D eigenvalue weighted by atomic mass is 10.1. The minimum absolute atomic E-state index is 0.305. The highest BCUT2D eigenvalue weighted by atomic mass is 32.1. The first-order chi connectivity index (χ1) is 9.25. The number of hydrogen-bond donors (Lipinski definition) is 1. The predicted molar refractivity (Wildman–Crippen MR) is 84.2 cm³/mol. The average molecular weight is 295 g/mol. The molecule has 4 heteroatoms. The van der Waals surface area contributed by atoms with Crippen LogP contribution in [-0.4, -0.2) is 19.3 Å². The number of thiophene rings is 2. The first-order valence-corrected chi connectivity index (χ1v) is 8.42. The van der Waals surface area contributed by atoms with Crippen LogP contribution in [0.4, 0.5) is 0 Å². The van der Waals surface area contributed by atoms with Crippen molar-refractivity contribution in [3.05, 3.63) is 44.8 Å². The van der Waals surface area contributed by atoms with Gasteiger partial charge in [0.2, 0.25) is 0 Å². The van der Waals surface area contributed by atoms with Crippen LogP contribution < -0.4 is 5.32 Å². The number of nitrogens with one attached hydrogen (secondary N) is 1. The smallest absolute Gasteiger partial charge is 0.0594 e. The molecule has 0 fully saturated rings. The summed E-state index contributed by atoms with van der Waals surface area (Å²) in [5.74, 6) is 0. The summed E-state index contributed by atoms with van der Waals surface area (Å²) in [7, 11) is 0. The summed E-state index contributed by atoms with van der Waals surface area (Å²) in [5.41, 5.74) is 0. The van der Waals surface area contributed by atoms with Gasteiger partial charge in [0.15, 0.2) is 0 Å². The van der Waals surface area contributed by atoms with Gasteiger partial charge in [-0.15, -0.1) is 22.7 Å². The monoisotopic (exact) mass is 295 g/mol. The fraction of sp³-hybridized carbons (Fsp3) is 0.467. The van der Waals surface area contributed by atoms with Crippen molar-refractivity contribution in [2.24, 2.45) is 0 Å². The number of hydrogen-bond acceptors (Lipinski definition) is 4. The summed E-state index contributed by atoms with van der Waals surface area (Å²) in [4.78, 5) is 2.83. The Morgan fingerprint density at radius 3 is 2.58 bits per heavy atom. The molecule has 0 aliphatic rings. The Hall–Kier alpha value is -0.680. The second-order valence-corrected chi connectivity index (χ2v) is 6.74. The summed E-state index contributed by atoms with van der Waals surface area (Å²) < 4.78 is 5.59. The fourth-order valence-electron chi connectivity index (χ4n) is 1.92. The van der Waals surface area contributed by atoms with Gasteiger partial charge in [-0.25, -0.2) is 0 Å². The molecule has 1 atom stereocenters. The summed E-state index contributed by atoms with van der Waals surface area (Å²) in [6.07, 6.45) is 1.36. The van der Waals surface area contributed by atoms with Crippen molar-refractivity contribution in [1.29, 1.82) is 0 Å².